The molecule has 1 aromatic heterocycles. The number of carbonyl (C=O) groups is 5. The number of ether oxygens (including phenoxy) is 2. The summed E-state index contributed by atoms with van der Waals surface area (Å²) in [5.41, 5.74) is -1.26. The molecule has 14 heteroatoms. The molecular weight excluding hydrogens is 560 g/mol. The molecule has 3 amide bonds. The predicted octanol–water partition coefficient (Wildman–Crippen LogP) is 2.54. The smallest absolute Gasteiger partial charge is 0.409 e. The Balaban J connectivity index is 1.56. The summed E-state index contributed by atoms with van der Waals surface area (Å²) in [5.74, 6) is -3.41. The first-order valence-corrected chi connectivity index (χ1v) is 13.7. The van der Waals surface area contributed by atoms with Gasteiger partial charge in [0.15, 0.2) is 0 Å². The lowest BCUT2D eigenvalue weighted by atomic mass is 9.80. The second kappa shape index (κ2) is 12.6. The fourth-order valence-corrected chi connectivity index (χ4v) is 4.91. The molecule has 1 atom stereocenters. The van der Waals surface area contributed by atoms with Gasteiger partial charge in [-0.05, 0) is 50.8 Å². The fourth-order valence-electron chi connectivity index (χ4n) is 4.74. The molecular formula is C27H31ClN4O9. The third kappa shape index (κ3) is 6.79. The van der Waals surface area contributed by atoms with Crippen LogP contribution in [0, 0.1) is 0 Å². The van der Waals surface area contributed by atoms with E-state index in [1.54, 1.807) is 25.1 Å². The second-order valence-corrected chi connectivity index (χ2v) is 10.3. The number of rotatable bonds is 10. The minimum absolute atomic E-state index is 0.105. The molecule has 2 fully saturated rings. The van der Waals surface area contributed by atoms with E-state index in [1.165, 1.54) is 15.9 Å². The van der Waals surface area contributed by atoms with E-state index in [1.807, 2.05) is 0 Å². The SMILES string of the molecule is CCOC(=O)N1CCN(C(=O)C(CCC(=O)O)NC(=O)c2cc(OC3(C(=O)O)CCC3)c3cc(Cl)ccc3n2)CC1. The van der Waals surface area contributed by atoms with Crippen LogP contribution in [0.15, 0.2) is 24.3 Å². The van der Waals surface area contributed by atoms with Crippen molar-refractivity contribution in [1.82, 2.24) is 20.1 Å². The van der Waals surface area contributed by atoms with Crippen LogP contribution in [0.4, 0.5) is 4.79 Å². The highest BCUT2D eigenvalue weighted by atomic mass is 35.5. The number of carboxylic acids is 2. The maximum atomic E-state index is 13.4. The van der Waals surface area contributed by atoms with Crippen LogP contribution >= 0.6 is 11.6 Å². The van der Waals surface area contributed by atoms with Gasteiger partial charge in [-0.3, -0.25) is 14.4 Å². The van der Waals surface area contributed by atoms with Gasteiger partial charge >= 0.3 is 18.0 Å². The first-order valence-electron chi connectivity index (χ1n) is 13.3. The number of amides is 3. The highest BCUT2D eigenvalue weighted by molar-refractivity contribution is 6.31. The average Bonchev–Trinajstić information content (AvgIpc) is 2.92. The molecule has 1 unspecified atom stereocenters. The van der Waals surface area contributed by atoms with Crippen molar-refractivity contribution in [3.8, 4) is 5.75 Å². The van der Waals surface area contributed by atoms with E-state index < -0.39 is 41.5 Å². The molecule has 1 saturated heterocycles. The Bertz CT molecular complexity index is 1360. The molecule has 0 radical (unpaired) electrons. The standard InChI is InChI=1S/C27H31ClN4O9/c1-2-40-26(39)32-12-10-31(11-13-32)24(36)19(6-7-22(33)34)30-23(35)20-15-21(41-27(25(37)38)8-3-9-27)17-14-16(28)4-5-18(17)29-20/h4-5,14-15,19H,2-3,6-13H2,1H3,(H,30,35)(H,33,34)(H,37,38). The molecule has 41 heavy (non-hydrogen) atoms. The fraction of sp³-hybridized carbons (Fsp3) is 0.481. The Morgan fingerprint density at radius 1 is 1.07 bits per heavy atom. The number of nitrogens with zero attached hydrogens (tertiary/aromatic N) is 3. The quantitative estimate of drug-likeness (QED) is 0.373. The summed E-state index contributed by atoms with van der Waals surface area (Å²) in [6, 6.07) is 4.80. The van der Waals surface area contributed by atoms with Crippen LogP contribution in [-0.2, 0) is 19.1 Å². The van der Waals surface area contributed by atoms with Gasteiger partial charge in [0, 0.05) is 49.1 Å². The minimum Gasteiger partial charge on any atom is -0.481 e. The van der Waals surface area contributed by atoms with Crippen LogP contribution in [0.5, 0.6) is 5.75 Å². The highest BCUT2D eigenvalue weighted by Crippen LogP contribution is 2.39. The molecule has 2 aromatic rings. The number of nitrogens with one attached hydrogen (secondary N) is 1. The lowest BCUT2D eigenvalue weighted by Gasteiger charge is -2.38. The Labute approximate surface area is 240 Å². The van der Waals surface area contributed by atoms with Gasteiger partial charge in [-0.1, -0.05) is 11.6 Å². The van der Waals surface area contributed by atoms with Gasteiger partial charge in [-0.2, -0.15) is 0 Å². The Morgan fingerprint density at radius 2 is 1.76 bits per heavy atom. The molecule has 3 N–H and O–H groups in total. The molecule has 0 bridgehead atoms. The summed E-state index contributed by atoms with van der Waals surface area (Å²) < 4.78 is 11.0. The van der Waals surface area contributed by atoms with Crippen LogP contribution in [0.2, 0.25) is 5.02 Å². The van der Waals surface area contributed by atoms with Crippen molar-refractivity contribution in [2.24, 2.45) is 0 Å². The number of benzene rings is 1. The number of hydrogen-bond donors (Lipinski definition) is 3. The van der Waals surface area contributed by atoms with Crippen molar-refractivity contribution in [1.29, 1.82) is 0 Å². The number of carboxylic acid groups (broad SMARTS) is 2. The summed E-state index contributed by atoms with van der Waals surface area (Å²) in [7, 11) is 0. The number of carbonyl (C=O) groups excluding carboxylic acids is 3. The van der Waals surface area contributed by atoms with E-state index in [2.05, 4.69) is 10.3 Å². The molecule has 1 aromatic carbocycles. The number of aliphatic carboxylic acids is 2. The highest BCUT2D eigenvalue weighted by Gasteiger charge is 2.47. The first kappa shape index (κ1) is 29.8. The lowest BCUT2D eigenvalue weighted by Crippen LogP contribution is -2.56. The molecule has 1 saturated carbocycles. The van der Waals surface area contributed by atoms with Crippen molar-refractivity contribution in [2.75, 3.05) is 32.8 Å². The zero-order valence-corrected chi connectivity index (χ0v) is 23.2. The monoisotopic (exact) mass is 590 g/mol. The normalized spacial score (nSPS) is 16.8. The van der Waals surface area contributed by atoms with Crippen LogP contribution in [0.25, 0.3) is 10.9 Å². The number of aromatic nitrogens is 1. The molecule has 0 spiro atoms. The first-order chi connectivity index (χ1) is 19.5. The van der Waals surface area contributed by atoms with E-state index in [-0.39, 0.29) is 57.1 Å². The predicted molar refractivity (Wildman–Crippen MR) is 145 cm³/mol. The van der Waals surface area contributed by atoms with Gasteiger partial charge in [0.2, 0.25) is 11.5 Å². The van der Waals surface area contributed by atoms with Gasteiger partial charge in [-0.15, -0.1) is 0 Å². The van der Waals surface area contributed by atoms with Gasteiger partial charge < -0.3 is 34.8 Å². The average molecular weight is 591 g/mol. The van der Waals surface area contributed by atoms with Crippen molar-refractivity contribution in [3.63, 3.8) is 0 Å². The third-order valence-corrected chi connectivity index (χ3v) is 7.42. The summed E-state index contributed by atoms with van der Waals surface area (Å²) in [6.07, 6.45) is 0.229. The Kier molecular flexibility index (Phi) is 9.16. The zero-order valence-electron chi connectivity index (χ0n) is 22.4. The number of halogens is 1. The largest absolute Gasteiger partial charge is 0.481 e. The summed E-state index contributed by atoms with van der Waals surface area (Å²) in [4.78, 5) is 69.3. The second-order valence-electron chi connectivity index (χ2n) is 9.89. The van der Waals surface area contributed by atoms with Crippen molar-refractivity contribution < 1.29 is 43.7 Å². The Morgan fingerprint density at radius 3 is 2.34 bits per heavy atom. The lowest BCUT2D eigenvalue weighted by molar-refractivity contribution is -0.163. The topological polar surface area (TPSA) is 176 Å². The minimum atomic E-state index is -1.43. The van der Waals surface area contributed by atoms with E-state index in [4.69, 9.17) is 21.1 Å². The molecule has 4 rings (SSSR count). The maximum Gasteiger partial charge on any atom is 0.409 e. The maximum absolute atomic E-state index is 13.4. The number of piperazine rings is 1. The van der Waals surface area contributed by atoms with Crippen molar-refractivity contribution >= 4 is 52.4 Å². The molecule has 2 aliphatic rings. The van der Waals surface area contributed by atoms with Crippen LogP contribution in [-0.4, -0.2) is 99.3 Å². The van der Waals surface area contributed by atoms with Crippen LogP contribution in [0.3, 0.4) is 0 Å². The molecule has 1 aliphatic carbocycles. The van der Waals surface area contributed by atoms with Crippen molar-refractivity contribution in [3.05, 3.63) is 35.0 Å². The number of hydrogen-bond acceptors (Lipinski definition) is 8. The number of pyridine rings is 1. The van der Waals surface area contributed by atoms with Gasteiger partial charge in [0.1, 0.15) is 17.5 Å². The molecule has 2 heterocycles. The number of fused-ring (bicyclic) bond motifs is 1. The molecule has 13 nitrogen and oxygen atoms in total. The van der Waals surface area contributed by atoms with E-state index in [0.717, 1.165) is 0 Å². The van der Waals surface area contributed by atoms with Gasteiger partial charge in [0.05, 0.1) is 12.1 Å². The van der Waals surface area contributed by atoms with Gasteiger partial charge in [-0.25, -0.2) is 14.6 Å². The summed E-state index contributed by atoms with van der Waals surface area (Å²) >= 11 is 6.16. The zero-order chi connectivity index (χ0) is 29.7. The molecule has 220 valence electrons. The third-order valence-electron chi connectivity index (χ3n) is 7.19. The summed E-state index contributed by atoms with van der Waals surface area (Å²) in [5, 5.41) is 22.4. The van der Waals surface area contributed by atoms with E-state index in [9.17, 15) is 34.2 Å². The molecule has 1 aliphatic heterocycles. The Hall–Kier alpha value is -4.13. The van der Waals surface area contributed by atoms with Crippen molar-refractivity contribution in [2.45, 2.75) is 50.7 Å². The summed E-state index contributed by atoms with van der Waals surface area (Å²) in [6.45, 7) is 2.74. The van der Waals surface area contributed by atoms with Crippen LogP contribution < -0.4 is 10.1 Å². The van der Waals surface area contributed by atoms with Crippen LogP contribution in [0.1, 0.15) is 49.5 Å². The van der Waals surface area contributed by atoms with Gasteiger partial charge in [0.25, 0.3) is 5.91 Å². The van der Waals surface area contributed by atoms with E-state index >= 15 is 0 Å². The van der Waals surface area contributed by atoms with E-state index in [0.29, 0.717) is 35.2 Å².